The molecule has 0 heterocycles. The Morgan fingerprint density at radius 3 is 2.26 bits per heavy atom. The van der Waals surface area contributed by atoms with E-state index in [1.54, 1.807) is 18.2 Å². The van der Waals surface area contributed by atoms with E-state index in [0.717, 1.165) is 5.56 Å². The summed E-state index contributed by atoms with van der Waals surface area (Å²) in [5, 5.41) is 3.67. The van der Waals surface area contributed by atoms with E-state index in [1.165, 1.54) is 29.2 Å². The van der Waals surface area contributed by atoms with Crippen LogP contribution in [0, 0.1) is 5.82 Å². The maximum Gasteiger partial charge on any atom is 0.261 e. The lowest BCUT2D eigenvalue weighted by molar-refractivity contribution is -0.143. The van der Waals surface area contributed by atoms with Crippen LogP contribution in [0.5, 0.6) is 5.75 Å². The topological polar surface area (TPSA) is 58.6 Å². The van der Waals surface area contributed by atoms with Crippen LogP contribution >= 0.6 is 23.2 Å². The summed E-state index contributed by atoms with van der Waals surface area (Å²) in [7, 11) is 0. The molecule has 0 saturated heterocycles. The third-order valence-corrected chi connectivity index (χ3v) is 5.95. The molecular weight excluding hydrogens is 490 g/mol. The summed E-state index contributed by atoms with van der Waals surface area (Å²) in [6.45, 7) is 3.51. The zero-order valence-corrected chi connectivity index (χ0v) is 21.0. The molecule has 3 aromatic carbocycles. The highest BCUT2D eigenvalue weighted by atomic mass is 35.5. The van der Waals surface area contributed by atoms with Gasteiger partial charge in [0.25, 0.3) is 5.91 Å². The summed E-state index contributed by atoms with van der Waals surface area (Å²) in [4.78, 5) is 28.2. The number of nitrogens with one attached hydrogen (secondary N) is 1. The first kappa shape index (κ1) is 26.5. The molecule has 0 aliphatic carbocycles. The second-order valence-corrected chi connectivity index (χ2v) is 9.20. The minimum absolute atomic E-state index is 0.113. The van der Waals surface area contributed by atoms with E-state index in [0.29, 0.717) is 27.8 Å². The van der Waals surface area contributed by atoms with E-state index < -0.39 is 17.8 Å². The first-order chi connectivity index (χ1) is 16.7. The molecule has 3 rings (SSSR count). The molecule has 0 spiro atoms. The van der Waals surface area contributed by atoms with E-state index in [-0.39, 0.29) is 25.1 Å². The van der Waals surface area contributed by atoms with E-state index >= 15 is 0 Å². The van der Waals surface area contributed by atoms with Crippen molar-refractivity contribution in [2.75, 3.05) is 6.61 Å². The highest BCUT2D eigenvalue weighted by Crippen LogP contribution is 2.24. The molecule has 1 atom stereocenters. The van der Waals surface area contributed by atoms with Gasteiger partial charge in [0.1, 0.15) is 17.6 Å². The summed E-state index contributed by atoms with van der Waals surface area (Å²) >= 11 is 12.3. The van der Waals surface area contributed by atoms with Crippen LogP contribution in [0.1, 0.15) is 25.0 Å². The van der Waals surface area contributed by atoms with Crippen molar-refractivity contribution in [3.8, 4) is 5.75 Å². The number of halogens is 3. The fourth-order valence-electron chi connectivity index (χ4n) is 3.53. The van der Waals surface area contributed by atoms with Gasteiger partial charge in [-0.15, -0.1) is 0 Å². The van der Waals surface area contributed by atoms with E-state index in [4.69, 9.17) is 27.9 Å². The van der Waals surface area contributed by atoms with Gasteiger partial charge in [0.15, 0.2) is 6.61 Å². The molecule has 0 saturated carbocycles. The van der Waals surface area contributed by atoms with E-state index in [1.807, 2.05) is 44.2 Å². The summed E-state index contributed by atoms with van der Waals surface area (Å²) < 4.78 is 18.8. The molecule has 1 N–H and O–H groups in total. The lowest BCUT2D eigenvalue weighted by atomic mass is 10.0. The summed E-state index contributed by atoms with van der Waals surface area (Å²) in [5.41, 5.74) is 1.62. The van der Waals surface area contributed by atoms with Gasteiger partial charge < -0.3 is 15.0 Å². The standard InChI is InChI=1S/C27H27Cl2FN2O3/c1-18(2)31-27(34)25(15-19-6-4-3-5-7-19)32(16-20-8-13-23(28)24(29)14-20)26(33)17-35-22-11-9-21(30)10-12-22/h3-14,18,25H,15-17H2,1-2H3,(H,31,34). The molecular formula is C27H27Cl2FN2O3. The van der Waals surface area contributed by atoms with E-state index in [9.17, 15) is 14.0 Å². The van der Waals surface area contributed by atoms with Crippen molar-refractivity contribution in [3.05, 3.63) is 99.8 Å². The predicted molar refractivity (Wildman–Crippen MR) is 136 cm³/mol. The van der Waals surface area contributed by atoms with Gasteiger partial charge in [0, 0.05) is 19.0 Å². The second-order valence-electron chi connectivity index (χ2n) is 8.38. The Morgan fingerprint density at radius 1 is 0.943 bits per heavy atom. The molecule has 0 radical (unpaired) electrons. The average molecular weight is 517 g/mol. The van der Waals surface area contributed by atoms with Crippen molar-refractivity contribution in [1.82, 2.24) is 10.2 Å². The summed E-state index contributed by atoms with van der Waals surface area (Å²) in [6.07, 6.45) is 0.309. The molecule has 8 heteroatoms. The number of amides is 2. The molecule has 0 fully saturated rings. The lowest BCUT2D eigenvalue weighted by Gasteiger charge is -2.32. The highest BCUT2D eigenvalue weighted by Gasteiger charge is 2.31. The molecule has 0 aliphatic rings. The van der Waals surface area contributed by atoms with Crippen molar-refractivity contribution in [2.45, 2.75) is 38.9 Å². The van der Waals surface area contributed by atoms with Crippen molar-refractivity contribution >= 4 is 35.0 Å². The summed E-state index contributed by atoms with van der Waals surface area (Å²) in [6, 6.07) is 19.0. The normalized spacial score (nSPS) is 11.7. The third-order valence-electron chi connectivity index (χ3n) is 5.21. The average Bonchev–Trinajstić information content (AvgIpc) is 2.83. The minimum atomic E-state index is -0.807. The maximum absolute atomic E-state index is 13.4. The fraction of sp³-hybridized carbons (Fsp3) is 0.259. The van der Waals surface area contributed by atoms with Crippen LogP contribution in [0.3, 0.4) is 0 Å². The number of rotatable bonds is 10. The number of benzene rings is 3. The molecule has 5 nitrogen and oxygen atoms in total. The zero-order chi connectivity index (χ0) is 25.4. The molecule has 0 aromatic heterocycles. The summed E-state index contributed by atoms with van der Waals surface area (Å²) in [5.74, 6) is -0.738. The molecule has 0 bridgehead atoms. The largest absolute Gasteiger partial charge is 0.484 e. The van der Waals surface area contributed by atoms with Gasteiger partial charge in [-0.2, -0.15) is 0 Å². The van der Waals surface area contributed by atoms with Gasteiger partial charge in [-0.1, -0.05) is 59.6 Å². The third kappa shape index (κ3) is 7.98. The van der Waals surface area contributed by atoms with Gasteiger partial charge in [0.05, 0.1) is 10.0 Å². The quantitative estimate of drug-likeness (QED) is 0.377. The minimum Gasteiger partial charge on any atom is -0.484 e. The fourth-order valence-corrected chi connectivity index (χ4v) is 3.85. The Kier molecular flexibility index (Phi) is 9.52. The Bertz CT molecular complexity index is 1140. The van der Waals surface area contributed by atoms with E-state index in [2.05, 4.69) is 5.32 Å². The van der Waals surface area contributed by atoms with Gasteiger partial charge in [0.2, 0.25) is 5.91 Å². The van der Waals surface area contributed by atoms with Crippen LogP contribution in [-0.2, 0) is 22.6 Å². The molecule has 2 amide bonds. The number of hydrogen-bond acceptors (Lipinski definition) is 3. The van der Waals surface area contributed by atoms with Gasteiger partial charge in [-0.3, -0.25) is 9.59 Å². The second kappa shape index (κ2) is 12.6. The van der Waals surface area contributed by atoms with Crippen LogP contribution in [0.15, 0.2) is 72.8 Å². The van der Waals surface area contributed by atoms with Crippen LogP contribution in [0.2, 0.25) is 10.0 Å². The van der Waals surface area contributed by atoms with Crippen LogP contribution in [0.4, 0.5) is 4.39 Å². The highest BCUT2D eigenvalue weighted by molar-refractivity contribution is 6.42. The van der Waals surface area contributed by atoms with Crippen molar-refractivity contribution in [3.63, 3.8) is 0 Å². The Balaban J connectivity index is 1.92. The molecule has 35 heavy (non-hydrogen) atoms. The Morgan fingerprint density at radius 2 is 1.63 bits per heavy atom. The Hall–Kier alpha value is -3.09. The number of hydrogen-bond donors (Lipinski definition) is 1. The molecule has 0 aliphatic heterocycles. The predicted octanol–water partition coefficient (Wildman–Crippen LogP) is 5.68. The molecule has 184 valence electrons. The van der Waals surface area contributed by atoms with Crippen molar-refractivity contribution in [2.24, 2.45) is 0 Å². The van der Waals surface area contributed by atoms with Crippen molar-refractivity contribution in [1.29, 1.82) is 0 Å². The first-order valence-corrected chi connectivity index (χ1v) is 11.9. The smallest absolute Gasteiger partial charge is 0.261 e. The van der Waals surface area contributed by atoms with Gasteiger partial charge in [-0.25, -0.2) is 4.39 Å². The maximum atomic E-state index is 13.4. The Labute approximate surface area is 214 Å². The molecule has 1 unspecified atom stereocenters. The number of nitrogens with zero attached hydrogens (tertiary/aromatic N) is 1. The van der Waals surface area contributed by atoms with Gasteiger partial charge in [-0.05, 0) is 61.4 Å². The SMILES string of the molecule is CC(C)NC(=O)C(Cc1ccccc1)N(Cc1ccc(Cl)c(Cl)c1)C(=O)COc1ccc(F)cc1. The van der Waals surface area contributed by atoms with Crippen LogP contribution in [0.25, 0.3) is 0 Å². The van der Waals surface area contributed by atoms with Crippen LogP contribution in [-0.4, -0.2) is 35.4 Å². The van der Waals surface area contributed by atoms with Crippen molar-refractivity contribution < 1.29 is 18.7 Å². The van der Waals surface area contributed by atoms with Gasteiger partial charge >= 0.3 is 0 Å². The molecule has 3 aromatic rings. The first-order valence-electron chi connectivity index (χ1n) is 11.2. The number of carbonyl (C=O) groups excluding carboxylic acids is 2. The number of ether oxygens (including phenoxy) is 1. The lowest BCUT2D eigenvalue weighted by Crippen LogP contribution is -2.52. The van der Waals surface area contributed by atoms with Crippen LogP contribution < -0.4 is 10.1 Å². The monoisotopic (exact) mass is 516 g/mol. The zero-order valence-electron chi connectivity index (χ0n) is 19.5. The number of carbonyl (C=O) groups is 2.